The molecule has 1 aliphatic carbocycles. The summed E-state index contributed by atoms with van der Waals surface area (Å²) < 4.78 is 6.83. The molecule has 0 atom stereocenters. The average Bonchev–Trinajstić information content (AvgIpc) is 2.78. The topological polar surface area (TPSA) is 57.0 Å². The second-order valence-electron chi connectivity index (χ2n) is 4.56. The number of ether oxygens (including phenoxy) is 1. The van der Waals surface area contributed by atoms with Crippen LogP contribution in [-0.2, 0) is 9.53 Å². The maximum absolute atomic E-state index is 11.2. The number of esters is 1. The van der Waals surface area contributed by atoms with Crippen LogP contribution in [-0.4, -0.2) is 33.6 Å². The molecule has 1 saturated carbocycles. The van der Waals surface area contributed by atoms with Crippen molar-refractivity contribution in [2.75, 3.05) is 12.9 Å². The molecule has 1 heterocycles. The monoisotopic (exact) mass is 269 g/mol. The van der Waals surface area contributed by atoms with Gasteiger partial charge in [0.15, 0.2) is 5.16 Å². The number of hydrogen-bond donors (Lipinski definition) is 0. The molecule has 0 amide bonds. The van der Waals surface area contributed by atoms with Gasteiger partial charge in [-0.3, -0.25) is 4.79 Å². The van der Waals surface area contributed by atoms with E-state index in [0.29, 0.717) is 11.8 Å². The summed E-state index contributed by atoms with van der Waals surface area (Å²) in [5.41, 5.74) is 0. The van der Waals surface area contributed by atoms with Gasteiger partial charge in [0.05, 0.1) is 12.9 Å². The van der Waals surface area contributed by atoms with Crippen LogP contribution in [0.5, 0.6) is 0 Å². The Bertz CT molecular complexity index is 413. The number of carbonyl (C=O) groups is 1. The van der Waals surface area contributed by atoms with Crippen LogP contribution >= 0.6 is 11.8 Å². The molecular formula is C12H19N3O2S. The number of nitrogens with zero attached hydrogens (tertiary/aromatic N) is 3. The fraction of sp³-hybridized carbons (Fsp3) is 0.750. The van der Waals surface area contributed by atoms with Crippen molar-refractivity contribution >= 4 is 17.7 Å². The molecule has 18 heavy (non-hydrogen) atoms. The molecule has 0 saturated heterocycles. The van der Waals surface area contributed by atoms with E-state index in [-0.39, 0.29) is 5.97 Å². The maximum Gasteiger partial charge on any atom is 0.316 e. The summed E-state index contributed by atoms with van der Waals surface area (Å²) in [6, 6.07) is 0.494. The van der Waals surface area contributed by atoms with Crippen molar-refractivity contribution in [1.29, 1.82) is 0 Å². The van der Waals surface area contributed by atoms with Crippen LogP contribution < -0.4 is 0 Å². The molecule has 0 aliphatic heterocycles. The van der Waals surface area contributed by atoms with Crippen molar-refractivity contribution in [3.63, 3.8) is 0 Å². The number of methoxy groups -OCH3 is 1. The summed E-state index contributed by atoms with van der Waals surface area (Å²) in [5.74, 6) is 1.01. The zero-order valence-electron chi connectivity index (χ0n) is 10.9. The quantitative estimate of drug-likeness (QED) is 0.620. The second-order valence-corrected chi connectivity index (χ2v) is 5.50. The lowest BCUT2D eigenvalue weighted by Gasteiger charge is -2.24. The zero-order chi connectivity index (χ0) is 13.0. The Labute approximate surface area is 111 Å². The first-order valence-electron chi connectivity index (χ1n) is 6.33. The number of carbonyl (C=O) groups excluding carboxylic acids is 1. The minimum Gasteiger partial charge on any atom is -0.468 e. The van der Waals surface area contributed by atoms with Gasteiger partial charge in [0.2, 0.25) is 0 Å². The molecule has 6 heteroatoms. The van der Waals surface area contributed by atoms with Crippen molar-refractivity contribution in [2.45, 2.75) is 50.2 Å². The maximum atomic E-state index is 11.2. The standard InChI is InChI=1S/C12H19N3O2S/c1-9-13-14-12(18-8-11(16)17-2)15(9)10-6-4-3-5-7-10/h10H,3-8H2,1-2H3. The van der Waals surface area contributed by atoms with Crippen LogP contribution in [0.4, 0.5) is 0 Å². The summed E-state index contributed by atoms with van der Waals surface area (Å²) in [4.78, 5) is 11.2. The normalized spacial score (nSPS) is 16.8. The average molecular weight is 269 g/mol. The van der Waals surface area contributed by atoms with Gasteiger partial charge >= 0.3 is 5.97 Å². The van der Waals surface area contributed by atoms with Gasteiger partial charge in [0, 0.05) is 6.04 Å². The molecule has 0 N–H and O–H groups in total. The Hall–Kier alpha value is -1.04. The minimum atomic E-state index is -0.226. The van der Waals surface area contributed by atoms with Gasteiger partial charge in [0.1, 0.15) is 5.82 Å². The van der Waals surface area contributed by atoms with Gasteiger partial charge in [-0.2, -0.15) is 0 Å². The van der Waals surface area contributed by atoms with Crippen molar-refractivity contribution in [3.05, 3.63) is 5.82 Å². The van der Waals surface area contributed by atoms with Crippen LogP contribution in [0.15, 0.2) is 5.16 Å². The molecule has 1 aliphatic rings. The van der Waals surface area contributed by atoms with E-state index >= 15 is 0 Å². The summed E-state index contributed by atoms with van der Waals surface area (Å²) in [6.07, 6.45) is 6.23. The zero-order valence-corrected chi connectivity index (χ0v) is 11.7. The van der Waals surface area contributed by atoms with E-state index in [2.05, 4.69) is 19.5 Å². The van der Waals surface area contributed by atoms with Crippen LogP contribution in [0, 0.1) is 6.92 Å². The number of hydrogen-bond acceptors (Lipinski definition) is 5. The summed E-state index contributed by atoms with van der Waals surface area (Å²) in [7, 11) is 1.40. The SMILES string of the molecule is COC(=O)CSc1nnc(C)n1C1CCCCC1. The summed E-state index contributed by atoms with van der Waals surface area (Å²) in [5, 5.41) is 9.14. The molecule has 5 nitrogen and oxygen atoms in total. The Balaban J connectivity index is 2.08. The van der Waals surface area contributed by atoms with E-state index < -0.39 is 0 Å². The first-order chi connectivity index (χ1) is 8.72. The first-order valence-corrected chi connectivity index (χ1v) is 7.32. The van der Waals surface area contributed by atoms with Crippen molar-refractivity contribution in [3.8, 4) is 0 Å². The van der Waals surface area contributed by atoms with E-state index in [4.69, 9.17) is 0 Å². The van der Waals surface area contributed by atoms with Gasteiger partial charge in [0.25, 0.3) is 0 Å². The van der Waals surface area contributed by atoms with Gasteiger partial charge < -0.3 is 9.30 Å². The minimum absolute atomic E-state index is 0.226. The van der Waals surface area contributed by atoms with Crippen molar-refractivity contribution in [1.82, 2.24) is 14.8 Å². The Morgan fingerprint density at radius 2 is 2.11 bits per heavy atom. The van der Waals surface area contributed by atoms with E-state index in [1.165, 1.54) is 51.0 Å². The Morgan fingerprint density at radius 1 is 1.39 bits per heavy atom. The molecule has 0 radical (unpaired) electrons. The van der Waals surface area contributed by atoms with Crippen LogP contribution in [0.1, 0.15) is 44.0 Å². The highest BCUT2D eigenvalue weighted by atomic mass is 32.2. The van der Waals surface area contributed by atoms with E-state index in [9.17, 15) is 4.79 Å². The second kappa shape index (κ2) is 6.22. The summed E-state index contributed by atoms with van der Waals surface area (Å²) in [6.45, 7) is 1.98. The van der Waals surface area contributed by atoms with Gasteiger partial charge in [-0.1, -0.05) is 31.0 Å². The smallest absolute Gasteiger partial charge is 0.316 e. The molecule has 0 spiro atoms. The molecule has 0 bridgehead atoms. The molecule has 0 unspecified atom stereocenters. The van der Waals surface area contributed by atoms with Gasteiger partial charge in [-0.25, -0.2) is 0 Å². The van der Waals surface area contributed by atoms with Gasteiger partial charge in [-0.05, 0) is 19.8 Å². The van der Waals surface area contributed by atoms with Crippen LogP contribution in [0.3, 0.4) is 0 Å². The Kier molecular flexibility index (Phi) is 4.63. The molecule has 1 fully saturated rings. The first kappa shape index (κ1) is 13.4. The van der Waals surface area contributed by atoms with E-state index in [1.807, 2.05) is 6.92 Å². The fourth-order valence-electron chi connectivity index (χ4n) is 2.39. The lowest BCUT2D eigenvalue weighted by Crippen LogP contribution is -2.15. The molecule has 1 aromatic rings. The Morgan fingerprint density at radius 3 is 2.78 bits per heavy atom. The highest BCUT2D eigenvalue weighted by Gasteiger charge is 2.21. The highest BCUT2D eigenvalue weighted by Crippen LogP contribution is 2.32. The van der Waals surface area contributed by atoms with E-state index in [0.717, 1.165) is 11.0 Å². The number of thioether (sulfide) groups is 1. The third-order valence-electron chi connectivity index (χ3n) is 3.32. The van der Waals surface area contributed by atoms with Crippen molar-refractivity contribution < 1.29 is 9.53 Å². The third-order valence-corrected chi connectivity index (χ3v) is 4.24. The predicted molar refractivity (Wildman–Crippen MR) is 69.6 cm³/mol. The molecule has 100 valence electrons. The molecular weight excluding hydrogens is 250 g/mol. The fourth-order valence-corrected chi connectivity index (χ4v) is 3.27. The van der Waals surface area contributed by atoms with E-state index in [1.54, 1.807) is 0 Å². The van der Waals surface area contributed by atoms with Crippen molar-refractivity contribution in [2.24, 2.45) is 0 Å². The van der Waals surface area contributed by atoms with Crippen LogP contribution in [0.2, 0.25) is 0 Å². The highest BCUT2D eigenvalue weighted by molar-refractivity contribution is 7.99. The number of rotatable bonds is 4. The third kappa shape index (κ3) is 3.04. The molecule has 0 aromatic carbocycles. The largest absolute Gasteiger partial charge is 0.468 e. The summed E-state index contributed by atoms with van der Waals surface area (Å²) >= 11 is 1.41. The predicted octanol–water partition coefficient (Wildman–Crippen LogP) is 2.36. The number of aryl methyl sites for hydroxylation is 1. The lowest BCUT2D eigenvalue weighted by atomic mass is 9.95. The van der Waals surface area contributed by atoms with Crippen LogP contribution in [0.25, 0.3) is 0 Å². The lowest BCUT2D eigenvalue weighted by molar-refractivity contribution is -0.137. The van der Waals surface area contributed by atoms with Gasteiger partial charge in [-0.15, -0.1) is 10.2 Å². The molecule has 1 aromatic heterocycles. The number of aromatic nitrogens is 3. The molecule has 2 rings (SSSR count).